The van der Waals surface area contributed by atoms with Crippen LogP contribution in [-0.2, 0) is 4.79 Å². The van der Waals surface area contributed by atoms with Gasteiger partial charge in [0.05, 0.1) is 0 Å². The Bertz CT molecular complexity index is 181. The van der Waals surface area contributed by atoms with Crippen LogP contribution < -0.4 is 10.6 Å². The van der Waals surface area contributed by atoms with Gasteiger partial charge in [0.15, 0.2) is 0 Å². The highest BCUT2D eigenvalue weighted by molar-refractivity contribution is 7.99. The van der Waals surface area contributed by atoms with Gasteiger partial charge in [0.2, 0.25) is 5.91 Å². The van der Waals surface area contributed by atoms with E-state index in [-0.39, 0.29) is 5.91 Å². The molecule has 0 bridgehead atoms. The van der Waals surface area contributed by atoms with E-state index in [0.29, 0.717) is 17.6 Å². The highest BCUT2D eigenvalue weighted by Crippen LogP contribution is 2.11. The summed E-state index contributed by atoms with van der Waals surface area (Å²) in [6.45, 7) is 4.99. The molecule has 1 heterocycles. The number of hydrogen-bond acceptors (Lipinski definition) is 3. The second-order valence-electron chi connectivity index (χ2n) is 3.91. The van der Waals surface area contributed by atoms with Crippen molar-refractivity contribution < 1.29 is 4.79 Å². The van der Waals surface area contributed by atoms with Crippen molar-refractivity contribution in [1.29, 1.82) is 0 Å². The highest BCUT2D eigenvalue weighted by Gasteiger charge is 2.17. The molecule has 1 fully saturated rings. The topological polar surface area (TPSA) is 41.1 Å². The Hall–Kier alpha value is -0.220. The van der Waals surface area contributed by atoms with Crippen LogP contribution in [0.4, 0.5) is 0 Å². The first-order valence-corrected chi connectivity index (χ1v) is 6.51. The fourth-order valence-electron chi connectivity index (χ4n) is 1.56. The van der Waals surface area contributed by atoms with E-state index < -0.39 is 0 Å². The zero-order valence-electron chi connectivity index (χ0n) is 9.01. The molecule has 0 aliphatic carbocycles. The van der Waals surface area contributed by atoms with Gasteiger partial charge < -0.3 is 10.6 Å². The summed E-state index contributed by atoms with van der Waals surface area (Å²) in [6, 6.07) is 0. The van der Waals surface area contributed by atoms with Crippen LogP contribution >= 0.6 is 11.8 Å². The lowest BCUT2D eigenvalue weighted by Crippen LogP contribution is -2.31. The molecule has 3 nitrogen and oxygen atoms in total. The van der Waals surface area contributed by atoms with Crippen LogP contribution in [0, 0.1) is 5.92 Å². The van der Waals surface area contributed by atoms with E-state index in [0.717, 1.165) is 26.1 Å². The second kappa shape index (κ2) is 6.30. The van der Waals surface area contributed by atoms with Crippen LogP contribution in [0.2, 0.25) is 0 Å². The van der Waals surface area contributed by atoms with Crippen LogP contribution in [0.25, 0.3) is 0 Å². The monoisotopic (exact) mass is 216 g/mol. The van der Waals surface area contributed by atoms with Crippen LogP contribution in [0.1, 0.15) is 19.8 Å². The van der Waals surface area contributed by atoms with Gasteiger partial charge in [-0.05, 0) is 31.7 Å². The van der Waals surface area contributed by atoms with Gasteiger partial charge in [0.25, 0.3) is 0 Å². The van der Waals surface area contributed by atoms with Crippen molar-refractivity contribution in [3.05, 3.63) is 0 Å². The molecule has 14 heavy (non-hydrogen) atoms. The third-order valence-corrected chi connectivity index (χ3v) is 3.60. The lowest BCUT2D eigenvalue weighted by Gasteiger charge is -2.11. The molecule has 1 amide bonds. The molecule has 2 N–H and O–H groups in total. The number of thioether (sulfide) groups is 1. The molecule has 2 atom stereocenters. The Kier molecular flexibility index (Phi) is 5.33. The Morgan fingerprint density at radius 2 is 2.50 bits per heavy atom. The predicted octanol–water partition coefficient (Wildman–Crippen LogP) is 0.854. The summed E-state index contributed by atoms with van der Waals surface area (Å²) in [5.41, 5.74) is 0. The second-order valence-corrected chi connectivity index (χ2v) is 5.19. The molecule has 1 aliphatic heterocycles. The van der Waals surface area contributed by atoms with Gasteiger partial charge in [-0.15, -0.1) is 0 Å². The lowest BCUT2D eigenvalue weighted by molar-refractivity contribution is -0.121. The Balaban J connectivity index is 2.09. The number of hydrogen-bond donors (Lipinski definition) is 2. The molecule has 0 aromatic rings. The van der Waals surface area contributed by atoms with Crippen molar-refractivity contribution in [3.63, 3.8) is 0 Å². The standard InChI is InChI=1S/C10H20N2OS/c1-8(14-2)6-12-10(13)5-9-3-4-11-7-9/h8-9,11H,3-7H2,1-2H3,(H,12,13). The summed E-state index contributed by atoms with van der Waals surface area (Å²) in [7, 11) is 0. The molecule has 0 aromatic carbocycles. The lowest BCUT2D eigenvalue weighted by atomic mass is 10.0. The first-order valence-electron chi connectivity index (χ1n) is 5.22. The first-order chi connectivity index (χ1) is 6.72. The zero-order valence-corrected chi connectivity index (χ0v) is 9.82. The number of rotatable bonds is 5. The number of amides is 1. The molecule has 1 rings (SSSR count). The van der Waals surface area contributed by atoms with E-state index in [4.69, 9.17) is 0 Å². The summed E-state index contributed by atoms with van der Waals surface area (Å²) < 4.78 is 0. The summed E-state index contributed by atoms with van der Waals surface area (Å²) in [6.07, 6.45) is 3.90. The number of carbonyl (C=O) groups excluding carboxylic acids is 1. The summed E-state index contributed by atoms with van der Waals surface area (Å²) in [5.74, 6) is 0.763. The zero-order chi connectivity index (χ0) is 10.4. The van der Waals surface area contributed by atoms with Gasteiger partial charge in [0.1, 0.15) is 0 Å². The number of carbonyl (C=O) groups is 1. The van der Waals surface area contributed by atoms with Gasteiger partial charge in [-0.1, -0.05) is 6.92 Å². The van der Waals surface area contributed by atoms with Crippen molar-refractivity contribution in [2.75, 3.05) is 25.9 Å². The van der Waals surface area contributed by atoms with Crippen LogP contribution in [-0.4, -0.2) is 37.0 Å². The largest absolute Gasteiger partial charge is 0.355 e. The molecule has 1 aliphatic rings. The van der Waals surface area contributed by atoms with Crippen LogP contribution in [0.5, 0.6) is 0 Å². The van der Waals surface area contributed by atoms with Gasteiger partial charge in [-0.3, -0.25) is 4.79 Å². The van der Waals surface area contributed by atoms with E-state index in [1.807, 2.05) is 0 Å². The average Bonchev–Trinajstić information content (AvgIpc) is 2.66. The SMILES string of the molecule is CSC(C)CNC(=O)CC1CCNC1. The summed E-state index contributed by atoms with van der Waals surface area (Å²) in [4.78, 5) is 11.5. The van der Waals surface area contributed by atoms with Crippen molar-refractivity contribution in [1.82, 2.24) is 10.6 Å². The molecule has 0 saturated carbocycles. The highest BCUT2D eigenvalue weighted by atomic mass is 32.2. The normalized spacial score (nSPS) is 23.4. The maximum absolute atomic E-state index is 11.5. The Morgan fingerprint density at radius 1 is 1.71 bits per heavy atom. The van der Waals surface area contributed by atoms with Crippen molar-refractivity contribution in [3.8, 4) is 0 Å². The molecule has 82 valence electrons. The van der Waals surface area contributed by atoms with E-state index in [2.05, 4.69) is 23.8 Å². The molecular weight excluding hydrogens is 196 g/mol. The Morgan fingerprint density at radius 3 is 3.07 bits per heavy atom. The van der Waals surface area contributed by atoms with Crippen LogP contribution in [0.15, 0.2) is 0 Å². The van der Waals surface area contributed by atoms with E-state index in [1.54, 1.807) is 11.8 Å². The minimum Gasteiger partial charge on any atom is -0.355 e. The molecule has 2 unspecified atom stereocenters. The fraction of sp³-hybridized carbons (Fsp3) is 0.900. The minimum absolute atomic E-state index is 0.208. The molecule has 0 aromatic heterocycles. The van der Waals surface area contributed by atoms with Gasteiger partial charge >= 0.3 is 0 Å². The third kappa shape index (κ3) is 4.33. The molecule has 4 heteroatoms. The van der Waals surface area contributed by atoms with Crippen LogP contribution in [0.3, 0.4) is 0 Å². The molecule has 0 radical (unpaired) electrons. The maximum Gasteiger partial charge on any atom is 0.220 e. The van der Waals surface area contributed by atoms with Crippen molar-refractivity contribution in [2.45, 2.75) is 25.0 Å². The average molecular weight is 216 g/mol. The van der Waals surface area contributed by atoms with Crippen molar-refractivity contribution >= 4 is 17.7 Å². The third-order valence-electron chi connectivity index (χ3n) is 2.63. The van der Waals surface area contributed by atoms with Crippen molar-refractivity contribution in [2.24, 2.45) is 5.92 Å². The van der Waals surface area contributed by atoms with E-state index in [1.165, 1.54) is 0 Å². The summed E-state index contributed by atoms with van der Waals surface area (Å²) in [5, 5.41) is 6.76. The molecular formula is C10H20N2OS. The molecule has 1 saturated heterocycles. The summed E-state index contributed by atoms with van der Waals surface area (Å²) >= 11 is 1.78. The Labute approximate surface area is 90.4 Å². The fourth-order valence-corrected chi connectivity index (χ4v) is 1.81. The van der Waals surface area contributed by atoms with Gasteiger partial charge in [0, 0.05) is 18.2 Å². The maximum atomic E-state index is 11.5. The minimum atomic E-state index is 0.208. The first kappa shape index (κ1) is 11.9. The number of nitrogens with one attached hydrogen (secondary N) is 2. The van der Waals surface area contributed by atoms with E-state index >= 15 is 0 Å². The van der Waals surface area contributed by atoms with Gasteiger partial charge in [-0.25, -0.2) is 0 Å². The smallest absolute Gasteiger partial charge is 0.220 e. The van der Waals surface area contributed by atoms with Gasteiger partial charge in [-0.2, -0.15) is 11.8 Å². The quantitative estimate of drug-likeness (QED) is 0.716. The van der Waals surface area contributed by atoms with E-state index in [9.17, 15) is 4.79 Å². The predicted molar refractivity (Wildman–Crippen MR) is 61.6 cm³/mol. The molecule has 0 spiro atoms.